The van der Waals surface area contributed by atoms with Gasteiger partial charge in [-0.25, -0.2) is 4.92 Å². The van der Waals surface area contributed by atoms with E-state index in [1.165, 1.54) is 13.1 Å². The molecule has 138 valence electrons. The maximum atomic E-state index is 12.4. The van der Waals surface area contributed by atoms with E-state index in [-0.39, 0.29) is 18.2 Å². The molecule has 7 nitrogen and oxygen atoms in total. The first-order valence-corrected chi connectivity index (χ1v) is 8.79. The lowest BCUT2D eigenvalue weighted by Gasteiger charge is -2.24. The number of anilines is 1. The Morgan fingerprint density at radius 3 is 2.82 bits per heavy atom. The van der Waals surface area contributed by atoms with Crippen molar-refractivity contribution in [3.8, 4) is 0 Å². The first-order valence-electron chi connectivity index (χ1n) is 8.79. The molecule has 0 radical (unpaired) electrons. The van der Waals surface area contributed by atoms with E-state index in [1.54, 1.807) is 30.6 Å². The highest BCUT2D eigenvalue weighted by molar-refractivity contribution is 6.67. The van der Waals surface area contributed by atoms with Crippen LogP contribution in [0.3, 0.4) is 0 Å². The molecule has 2 heterocycles. The van der Waals surface area contributed by atoms with E-state index in [9.17, 15) is 14.6 Å². The average Bonchev–Trinajstić information content (AvgIpc) is 2.67. The Morgan fingerprint density at radius 1 is 1.14 bits per heavy atom. The molecule has 28 heavy (non-hydrogen) atoms. The van der Waals surface area contributed by atoms with Crippen LogP contribution in [0.2, 0.25) is 0 Å². The van der Waals surface area contributed by atoms with Gasteiger partial charge in [-0.15, -0.1) is 0 Å². The first kappa shape index (κ1) is 17.9. The molecule has 0 unspecified atom stereocenters. The molecule has 0 fully saturated rings. The van der Waals surface area contributed by atoms with Crippen LogP contribution in [0.25, 0.3) is 10.8 Å². The van der Waals surface area contributed by atoms with Crippen LogP contribution in [0.1, 0.15) is 18.1 Å². The number of carbonyl (C=O) groups is 2. The number of pyridine rings is 1. The molecule has 1 aromatic heterocycles. The highest BCUT2D eigenvalue weighted by atomic mass is 16.2. The Kier molecular flexibility index (Phi) is 4.63. The largest absolute Gasteiger partial charge is 0.474 e. The molecular formula is C20H17BN4O3. The number of fused-ring (bicyclic) bond motifs is 2. The van der Waals surface area contributed by atoms with Gasteiger partial charge in [0, 0.05) is 30.4 Å². The number of carbonyl (C=O) groups excluding carboxylic acids is 2. The van der Waals surface area contributed by atoms with Crippen molar-refractivity contribution in [2.75, 3.05) is 5.32 Å². The molecule has 0 aliphatic carbocycles. The van der Waals surface area contributed by atoms with Crippen molar-refractivity contribution >= 4 is 47.0 Å². The maximum absolute atomic E-state index is 12.4. The summed E-state index contributed by atoms with van der Waals surface area (Å²) in [4.78, 5) is 29.0. The van der Waals surface area contributed by atoms with Gasteiger partial charge >= 0.3 is 7.05 Å². The number of amides is 2. The van der Waals surface area contributed by atoms with Crippen LogP contribution in [0.5, 0.6) is 0 Å². The standard InChI is InChI=1S/C20H17BN4O3/c1-13(26)25-21(28)19-5-2-14(8-17(19)12-23-25)9-20(27)24-18-4-3-16-11-22-7-6-15(16)10-18/h2-8,10-12,28H,9H2,1H3,(H,24,27). The average molecular weight is 372 g/mol. The monoisotopic (exact) mass is 372 g/mol. The molecule has 1 aliphatic heterocycles. The third-order valence-electron chi connectivity index (χ3n) is 4.59. The van der Waals surface area contributed by atoms with E-state index in [4.69, 9.17) is 0 Å². The molecule has 4 rings (SSSR count). The lowest BCUT2D eigenvalue weighted by molar-refractivity contribution is -0.125. The fourth-order valence-corrected chi connectivity index (χ4v) is 3.21. The smallest absolute Gasteiger partial charge is 0.427 e. The van der Waals surface area contributed by atoms with Gasteiger partial charge in [0.15, 0.2) is 0 Å². The second kappa shape index (κ2) is 7.24. The summed E-state index contributed by atoms with van der Waals surface area (Å²) in [6, 6.07) is 12.8. The summed E-state index contributed by atoms with van der Waals surface area (Å²) in [7, 11) is -1.12. The highest BCUT2D eigenvalue weighted by Gasteiger charge is 2.31. The SMILES string of the molecule is CC(=O)N1N=Cc2cc(CC(=O)Nc3ccc4cnccc4c3)ccc2B1O. The minimum atomic E-state index is -1.12. The molecule has 0 saturated carbocycles. The van der Waals surface area contributed by atoms with Crippen LogP contribution >= 0.6 is 0 Å². The van der Waals surface area contributed by atoms with Gasteiger partial charge in [-0.1, -0.05) is 18.2 Å². The first-order chi connectivity index (χ1) is 13.5. The van der Waals surface area contributed by atoms with E-state index in [2.05, 4.69) is 15.4 Å². The van der Waals surface area contributed by atoms with Crippen LogP contribution in [0, 0.1) is 0 Å². The van der Waals surface area contributed by atoms with Crippen LogP contribution in [0.4, 0.5) is 5.69 Å². The van der Waals surface area contributed by atoms with Crippen molar-refractivity contribution in [1.29, 1.82) is 0 Å². The Labute approximate surface area is 161 Å². The van der Waals surface area contributed by atoms with Crippen molar-refractivity contribution in [3.63, 3.8) is 0 Å². The quantitative estimate of drug-likeness (QED) is 0.678. The lowest BCUT2D eigenvalue weighted by Crippen LogP contribution is -2.51. The van der Waals surface area contributed by atoms with E-state index >= 15 is 0 Å². The zero-order valence-corrected chi connectivity index (χ0v) is 15.2. The van der Waals surface area contributed by atoms with Crippen LogP contribution in [0.15, 0.2) is 60.0 Å². The molecule has 8 heteroatoms. The predicted octanol–water partition coefficient (Wildman–Crippen LogP) is 1.30. The lowest BCUT2D eigenvalue weighted by atomic mass is 9.69. The molecule has 2 amide bonds. The summed E-state index contributed by atoms with van der Waals surface area (Å²) in [5, 5.41) is 19.1. The zero-order valence-electron chi connectivity index (χ0n) is 15.2. The number of nitrogens with one attached hydrogen (secondary N) is 1. The van der Waals surface area contributed by atoms with Crippen molar-refractivity contribution in [2.45, 2.75) is 13.3 Å². The van der Waals surface area contributed by atoms with E-state index < -0.39 is 7.05 Å². The van der Waals surface area contributed by atoms with Gasteiger partial charge in [0.05, 0.1) is 12.6 Å². The predicted molar refractivity (Wildman–Crippen MR) is 108 cm³/mol. The summed E-state index contributed by atoms with van der Waals surface area (Å²) >= 11 is 0. The second-order valence-electron chi connectivity index (χ2n) is 6.61. The highest BCUT2D eigenvalue weighted by Crippen LogP contribution is 2.18. The van der Waals surface area contributed by atoms with Crippen LogP contribution in [-0.4, -0.2) is 40.0 Å². The fourth-order valence-electron chi connectivity index (χ4n) is 3.21. The number of nitrogens with zero attached hydrogens (tertiary/aromatic N) is 3. The number of aromatic nitrogens is 1. The van der Waals surface area contributed by atoms with E-state index in [0.29, 0.717) is 11.0 Å². The molecule has 2 N–H and O–H groups in total. The van der Waals surface area contributed by atoms with Crippen molar-refractivity contribution < 1.29 is 14.6 Å². The van der Waals surface area contributed by atoms with E-state index in [0.717, 1.165) is 26.9 Å². The molecular weight excluding hydrogens is 355 g/mol. The molecule has 0 bridgehead atoms. The summed E-state index contributed by atoms with van der Waals surface area (Å²) in [5.74, 6) is -0.490. The van der Waals surface area contributed by atoms with Gasteiger partial charge in [-0.3, -0.25) is 14.6 Å². The van der Waals surface area contributed by atoms with Crippen LogP contribution in [-0.2, 0) is 16.0 Å². The Hall–Kier alpha value is -3.52. The minimum absolute atomic E-state index is 0.146. The van der Waals surface area contributed by atoms with Crippen molar-refractivity contribution in [3.05, 3.63) is 66.0 Å². The Morgan fingerprint density at radius 2 is 2.00 bits per heavy atom. The number of hydrogen-bond donors (Lipinski definition) is 2. The second-order valence-corrected chi connectivity index (χ2v) is 6.61. The molecule has 0 atom stereocenters. The van der Waals surface area contributed by atoms with Gasteiger partial charge in [0.25, 0.3) is 0 Å². The minimum Gasteiger partial charge on any atom is -0.427 e. The number of hydrogen-bond acceptors (Lipinski definition) is 5. The molecule has 0 saturated heterocycles. The molecule has 3 aromatic rings. The number of benzene rings is 2. The molecule has 2 aromatic carbocycles. The van der Waals surface area contributed by atoms with E-state index in [1.807, 2.05) is 24.3 Å². The number of hydrazone groups is 1. The summed E-state index contributed by atoms with van der Waals surface area (Å²) in [6.07, 6.45) is 5.19. The topological polar surface area (TPSA) is 94.9 Å². The van der Waals surface area contributed by atoms with Gasteiger partial charge in [-0.05, 0) is 46.2 Å². The Bertz CT molecular complexity index is 1120. The number of rotatable bonds is 3. The van der Waals surface area contributed by atoms with Gasteiger partial charge in [-0.2, -0.15) is 5.10 Å². The zero-order chi connectivity index (χ0) is 19.7. The summed E-state index contributed by atoms with van der Waals surface area (Å²) < 4.78 is 0. The van der Waals surface area contributed by atoms with Crippen LogP contribution < -0.4 is 10.8 Å². The third-order valence-corrected chi connectivity index (χ3v) is 4.59. The summed E-state index contributed by atoms with van der Waals surface area (Å²) in [5.41, 5.74) is 2.78. The van der Waals surface area contributed by atoms with Crippen molar-refractivity contribution in [1.82, 2.24) is 9.90 Å². The third kappa shape index (κ3) is 3.50. The van der Waals surface area contributed by atoms with Gasteiger partial charge in [0.2, 0.25) is 11.8 Å². The van der Waals surface area contributed by atoms with Gasteiger partial charge < -0.3 is 10.3 Å². The summed E-state index contributed by atoms with van der Waals surface area (Å²) in [6.45, 7) is 1.34. The van der Waals surface area contributed by atoms with Gasteiger partial charge in [0.1, 0.15) is 0 Å². The molecule has 0 spiro atoms. The normalized spacial score (nSPS) is 12.8. The fraction of sp³-hybridized carbons (Fsp3) is 0.100. The van der Waals surface area contributed by atoms with Crippen molar-refractivity contribution in [2.24, 2.45) is 5.10 Å². The molecule has 1 aliphatic rings. The Balaban J connectivity index is 1.48. The maximum Gasteiger partial charge on any atom is 0.474 e.